The van der Waals surface area contributed by atoms with E-state index in [4.69, 9.17) is 9.63 Å². The number of carbonyl (C=O) groups is 1. The molecule has 0 unspecified atom stereocenters. The predicted octanol–water partition coefficient (Wildman–Crippen LogP) is 2.57. The number of carboxylic acid groups (broad SMARTS) is 1. The number of hydrogen-bond donors (Lipinski definition) is 2. The van der Waals surface area contributed by atoms with Gasteiger partial charge in [0.05, 0.1) is 0 Å². The van der Waals surface area contributed by atoms with Gasteiger partial charge in [-0.05, 0) is 12.1 Å². The SMILES string of the molecule is O=C(O)Nc1cc(-c2cccc(F)c2)no1. The highest BCUT2D eigenvalue weighted by Gasteiger charge is 2.08. The highest BCUT2D eigenvalue weighted by atomic mass is 19.1. The average Bonchev–Trinajstić information content (AvgIpc) is 2.65. The Labute approximate surface area is 89.5 Å². The monoisotopic (exact) mass is 222 g/mol. The summed E-state index contributed by atoms with van der Waals surface area (Å²) in [6.45, 7) is 0. The Morgan fingerprint density at radius 2 is 2.25 bits per heavy atom. The number of halogens is 1. The minimum atomic E-state index is -1.25. The van der Waals surface area contributed by atoms with Crippen LogP contribution in [-0.2, 0) is 0 Å². The first-order valence-electron chi connectivity index (χ1n) is 4.38. The molecule has 0 atom stereocenters. The number of aromatic nitrogens is 1. The fraction of sp³-hybridized carbons (Fsp3) is 0. The lowest BCUT2D eigenvalue weighted by Crippen LogP contribution is -2.05. The van der Waals surface area contributed by atoms with Gasteiger partial charge in [0.2, 0.25) is 5.88 Å². The van der Waals surface area contributed by atoms with Crippen molar-refractivity contribution in [3.05, 3.63) is 36.1 Å². The van der Waals surface area contributed by atoms with Crippen molar-refractivity contribution in [2.45, 2.75) is 0 Å². The van der Waals surface area contributed by atoms with E-state index in [1.54, 1.807) is 6.07 Å². The molecular weight excluding hydrogens is 215 g/mol. The quantitative estimate of drug-likeness (QED) is 0.818. The Balaban J connectivity index is 2.28. The van der Waals surface area contributed by atoms with Gasteiger partial charge in [0.1, 0.15) is 11.5 Å². The number of nitrogens with zero attached hydrogens (tertiary/aromatic N) is 1. The summed E-state index contributed by atoms with van der Waals surface area (Å²) < 4.78 is 17.6. The van der Waals surface area contributed by atoms with Gasteiger partial charge < -0.3 is 9.63 Å². The summed E-state index contributed by atoms with van der Waals surface area (Å²) >= 11 is 0. The molecule has 0 radical (unpaired) electrons. The van der Waals surface area contributed by atoms with Gasteiger partial charge in [-0.15, -0.1) is 0 Å². The highest BCUT2D eigenvalue weighted by molar-refractivity contribution is 5.81. The summed E-state index contributed by atoms with van der Waals surface area (Å²) in [6.07, 6.45) is -1.25. The zero-order valence-corrected chi connectivity index (χ0v) is 7.98. The van der Waals surface area contributed by atoms with E-state index in [1.165, 1.54) is 24.3 Å². The first-order chi connectivity index (χ1) is 7.65. The fourth-order valence-corrected chi connectivity index (χ4v) is 1.22. The molecule has 16 heavy (non-hydrogen) atoms. The van der Waals surface area contributed by atoms with Crippen molar-refractivity contribution in [1.29, 1.82) is 0 Å². The smallest absolute Gasteiger partial charge is 0.411 e. The lowest BCUT2D eigenvalue weighted by Gasteiger charge is -1.93. The van der Waals surface area contributed by atoms with Crippen molar-refractivity contribution in [1.82, 2.24) is 5.16 Å². The third-order valence-corrected chi connectivity index (χ3v) is 1.86. The van der Waals surface area contributed by atoms with E-state index in [1.807, 2.05) is 5.32 Å². The first kappa shape index (κ1) is 10.2. The average molecular weight is 222 g/mol. The van der Waals surface area contributed by atoms with Crippen LogP contribution in [0.15, 0.2) is 34.9 Å². The molecule has 0 aliphatic rings. The first-order valence-corrected chi connectivity index (χ1v) is 4.38. The van der Waals surface area contributed by atoms with Crippen LogP contribution in [0.5, 0.6) is 0 Å². The fourth-order valence-electron chi connectivity index (χ4n) is 1.22. The molecule has 1 amide bonds. The Kier molecular flexibility index (Phi) is 2.55. The summed E-state index contributed by atoms with van der Waals surface area (Å²) in [6, 6.07) is 7.14. The zero-order valence-electron chi connectivity index (χ0n) is 7.98. The Bertz CT molecular complexity index is 524. The molecular formula is C10H7FN2O3. The molecule has 2 rings (SSSR count). The molecule has 0 fully saturated rings. The van der Waals surface area contributed by atoms with E-state index in [0.29, 0.717) is 11.3 Å². The molecule has 1 heterocycles. The lowest BCUT2D eigenvalue weighted by molar-refractivity contribution is 0.208. The van der Waals surface area contributed by atoms with Crippen LogP contribution in [-0.4, -0.2) is 16.4 Å². The number of anilines is 1. The third kappa shape index (κ3) is 2.17. The number of amides is 1. The second-order valence-electron chi connectivity index (χ2n) is 3.02. The second kappa shape index (κ2) is 4.01. The van der Waals surface area contributed by atoms with Crippen molar-refractivity contribution in [2.75, 3.05) is 5.32 Å². The van der Waals surface area contributed by atoms with Gasteiger partial charge >= 0.3 is 6.09 Å². The molecule has 5 nitrogen and oxygen atoms in total. The molecule has 0 saturated heterocycles. The molecule has 82 valence electrons. The third-order valence-electron chi connectivity index (χ3n) is 1.86. The van der Waals surface area contributed by atoms with Crippen LogP contribution in [0, 0.1) is 5.82 Å². The Hall–Kier alpha value is -2.37. The van der Waals surface area contributed by atoms with Crippen molar-refractivity contribution in [3.63, 3.8) is 0 Å². The van der Waals surface area contributed by atoms with Gasteiger partial charge in [0.15, 0.2) is 0 Å². The van der Waals surface area contributed by atoms with Crippen LogP contribution >= 0.6 is 0 Å². The van der Waals surface area contributed by atoms with Gasteiger partial charge in [0, 0.05) is 11.6 Å². The van der Waals surface area contributed by atoms with E-state index in [0.717, 1.165) is 0 Å². The van der Waals surface area contributed by atoms with E-state index >= 15 is 0 Å². The molecule has 2 aromatic rings. The predicted molar refractivity (Wildman–Crippen MR) is 53.5 cm³/mol. The van der Waals surface area contributed by atoms with Crippen LogP contribution in [0.1, 0.15) is 0 Å². The summed E-state index contributed by atoms with van der Waals surface area (Å²) in [5, 5.41) is 14.0. The normalized spacial score (nSPS) is 10.1. The summed E-state index contributed by atoms with van der Waals surface area (Å²) in [5.74, 6) is -0.403. The minimum Gasteiger partial charge on any atom is -0.465 e. The maximum atomic E-state index is 12.9. The van der Waals surface area contributed by atoms with Gasteiger partial charge in [-0.1, -0.05) is 17.3 Å². The van der Waals surface area contributed by atoms with Crippen LogP contribution < -0.4 is 5.32 Å². The molecule has 2 N–H and O–H groups in total. The number of rotatable bonds is 2. The van der Waals surface area contributed by atoms with Crippen LogP contribution in [0.25, 0.3) is 11.3 Å². The number of benzene rings is 1. The van der Waals surface area contributed by atoms with Crippen molar-refractivity contribution in [2.24, 2.45) is 0 Å². The molecule has 0 saturated carbocycles. The van der Waals surface area contributed by atoms with Gasteiger partial charge in [-0.25, -0.2) is 9.18 Å². The highest BCUT2D eigenvalue weighted by Crippen LogP contribution is 2.22. The van der Waals surface area contributed by atoms with Crippen LogP contribution in [0.2, 0.25) is 0 Å². The standard InChI is InChI=1S/C10H7FN2O3/c11-7-3-1-2-6(4-7)8-5-9(16-13-8)12-10(14)15/h1-5,12H,(H,14,15). The van der Waals surface area contributed by atoms with Gasteiger partial charge in [0.25, 0.3) is 0 Å². The number of nitrogens with one attached hydrogen (secondary N) is 1. The summed E-state index contributed by atoms with van der Waals surface area (Å²) in [4.78, 5) is 10.3. The van der Waals surface area contributed by atoms with Crippen molar-refractivity contribution in [3.8, 4) is 11.3 Å². The summed E-state index contributed by atoms with van der Waals surface area (Å²) in [5.41, 5.74) is 0.880. The lowest BCUT2D eigenvalue weighted by atomic mass is 10.1. The van der Waals surface area contributed by atoms with Gasteiger partial charge in [-0.3, -0.25) is 5.32 Å². The van der Waals surface area contributed by atoms with Crippen molar-refractivity contribution < 1.29 is 18.8 Å². The second-order valence-corrected chi connectivity index (χ2v) is 3.02. The molecule has 6 heteroatoms. The zero-order chi connectivity index (χ0) is 11.5. The van der Waals surface area contributed by atoms with E-state index in [-0.39, 0.29) is 5.88 Å². The van der Waals surface area contributed by atoms with Gasteiger partial charge in [-0.2, -0.15) is 0 Å². The van der Waals surface area contributed by atoms with Crippen molar-refractivity contribution >= 4 is 12.0 Å². The van der Waals surface area contributed by atoms with E-state index in [2.05, 4.69) is 5.16 Å². The minimum absolute atomic E-state index is 0.00763. The topological polar surface area (TPSA) is 75.4 Å². The Morgan fingerprint density at radius 3 is 2.94 bits per heavy atom. The van der Waals surface area contributed by atoms with E-state index < -0.39 is 11.9 Å². The van der Waals surface area contributed by atoms with Crippen LogP contribution in [0.3, 0.4) is 0 Å². The van der Waals surface area contributed by atoms with Crippen LogP contribution in [0.4, 0.5) is 15.1 Å². The summed E-state index contributed by atoms with van der Waals surface area (Å²) in [7, 11) is 0. The molecule has 0 bridgehead atoms. The molecule has 1 aromatic heterocycles. The number of hydrogen-bond acceptors (Lipinski definition) is 3. The molecule has 0 aliphatic carbocycles. The molecule has 0 aliphatic heterocycles. The molecule has 0 spiro atoms. The Morgan fingerprint density at radius 1 is 1.44 bits per heavy atom. The molecule has 1 aromatic carbocycles. The largest absolute Gasteiger partial charge is 0.465 e. The maximum Gasteiger partial charge on any atom is 0.411 e. The maximum absolute atomic E-state index is 12.9. The van der Waals surface area contributed by atoms with E-state index in [9.17, 15) is 9.18 Å².